The lowest BCUT2D eigenvalue weighted by Crippen LogP contribution is -2.27. The Morgan fingerprint density at radius 2 is 1.93 bits per heavy atom. The second kappa shape index (κ2) is 7.05. The van der Waals surface area contributed by atoms with E-state index in [2.05, 4.69) is 18.9 Å². The number of hydrogen-bond donors (Lipinski definition) is 1. The van der Waals surface area contributed by atoms with Crippen molar-refractivity contribution in [3.05, 3.63) is 12.7 Å². The van der Waals surface area contributed by atoms with Gasteiger partial charge in [-0.25, -0.2) is 0 Å². The van der Waals surface area contributed by atoms with Crippen LogP contribution in [0.1, 0.15) is 51.4 Å². The summed E-state index contributed by atoms with van der Waals surface area (Å²) in [6.07, 6.45) is 13.2. The third kappa shape index (κ3) is 4.28. The minimum atomic E-state index is 0.663. The van der Waals surface area contributed by atoms with Crippen molar-refractivity contribution in [2.75, 3.05) is 7.05 Å². The second-order valence-corrected chi connectivity index (χ2v) is 4.60. The maximum atomic E-state index is 3.82. The molecule has 1 heteroatoms. The summed E-state index contributed by atoms with van der Waals surface area (Å²) in [5.41, 5.74) is 0. The molecule has 0 amide bonds. The van der Waals surface area contributed by atoms with Crippen LogP contribution in [-0.4, -0.2) is 13.1 Å². The van der Waals surface area contributed by atoms with Gasteiger partial charge in [0.25, 0.3) is 0 Å². The van der Waals surface area contributed by atoms with Gasteiger partial charge in [-0.2, -0.15) is 0 Å². The summed E-state index contributed by atoms with van der Waals surface area (Å²) < 4.78 is 0. The van der Waals surface area contributed by atoms with E-state index in [-0.39, 0.29) is 0 Å². The van der Waals surface area contributed by atoms with Crippen molar-refractivity contribution < 1.29 is 0 Å². The average molecular weight is 195 g/mol. The van der Waals surface area contributed by atoms with Gasteiger partial charge in [-0.05, 0) is 25.8 Å². The maximum Gasteiger partial charge on any atom is 0.0101 e. The summed E-state index contributed by atoms with van der Waals surface area (Å²) in [4.78, 5) is 0. The first-order valence-corrected chi connectivity index (χ1v) is 6.15. The molecule has 82 valence electrons. The van der Waals surface area contributed by atoms with Crippen molar-refractivity contribution in [3.63, 3.8) is 0 Å². The lowest BCUT2D eigenvalue weighted by molar-refractivity contribution is 0.364. The summed E-state index contributed by atoms with van der Waals surface area (Å²) in [5.74, 6) is 0.967. The van der Waals surface area contributed by atoms with Gasteiger partial charge in [0, 0.05) is 6.04 Å². The highest BCUT2D eigenvalue weighted by molar-refractivity contribution is 4.80. The van der Waals surface area contributed by atoms with Crippen molar-refractivity contribution in [3.8, 4) is 0 Å². The zero-order valence-electron chi connectivity index (χ0n) is 9.60. The predicted molar refractivity (Wildman–Crippen MR) is 63.5 cm³/mol. The van der Waals surface area contributed by atoms with E-state index < -0.39 is 0 Å². The summed E-state index contributed by atoms with van der Waals surface area (Å²) in [6.45, 7) is 3.82. The lowest BCUT2D eigenvalue weighted by atomic mass is 9.91. The largest absolute Gasteiger partial charge is 0.317 e. The molecule has 0 radical (unpaired) electrons. The average Bonchev–Trinajstić information content (AvgIpc) is 2.45. The third-order valence-corrected chi connectivity index (χ3v) is 3.45. The van der Waals surface area contributed by atoms with Gasteiger partial charge < -0.3 is 5.32 Å². The third-order valence-electron chi connectivity index (χ3n) is 3.45. The van der Waals surface area contributed by atoms with E-state index in [9.17, 15) is 0 Å². The van der Waals surface area contributed by atoms with Gasteiger partial charge in [0.05, 0.1) is 0 Å². The van der Waals surface area contributed by atoms with Crippen molar-refractivity contribution >= 4 is 0 Å². The summed E-state index contributed by atoms with van der Waals surface area (Å²) >= 11 is 0. The van der Waals surface area contributed by atoms with Crippen LogP contribution in [0, 0.1) is 5.92 Å². The molecule has 14 heavy (non-hydrogen) atoms. The smallest absolute Gasteiger partial charge is 0.0101 e. The highest BCUT2D eigenvalue weighted by Crippen LogP contribution is 2.26. The Hall–Kier alpha value is -0.300. The molecule has 0 bridgehead atoms. The van der Waals surface area contributed by atoms with Crippen molar-refractivity contribution in [2.24, 2.45) is 5.92 Å². The van der Waals surface area contributed by atoms with Gasteiger partial charge in [0.15, 0.2) is 0 Å². The molecule has 1 nitrogen and oxygen atoms in total. The topological polar surface area (TPSA) is 12.0 Å². The van der Waals surface area contributed by atoms with Gasteiger partial charge in [-0.15, -0.1) is 6.58 Å². The number of hydrogen-bond acceptors (Lipinski definition) is 1. The molecule has 0 aliphatic heterocycles. The zero-order valence-corrected chi connectivity index (χ0v) is 9.60. The van der Waals surface area contributed by atoms with Gasteiger partial charge >= 0.3 is 0 Å². The van der Waals surface area contributed by atoms with Crippen LogP contribution in [0.5, 0.6) is 0 Å². The fourth-order valence-electron chi connectivity index (χ4n) is 2.54. The molecule has 1 aliphatic rings. The zero-order chi connectivity index (χ0) is 10.2. The fourth-order valence-corrected chi connectivity index (χ4v) is 2.54. The van der Waals surface area contributed by atoms with Crippen LogP contribution < -0.4 is 5.32 Å². The number of rotatable bonds is 5. The lowest BCUT2D eigenvalue weighted by Gasteiger charge is -2.21. The molecule has 0 aromatic carbocycles. The van der Waals surface area contributed by atoms with Crippen molar-refractivity contribution in [2.45, 2.75) is 57.4 Å². The Balaban J connectivity index is 2.27. The summed E-state index contributed by atoms with van der Waals surface area (Å²) in [7, 11) is 2.07. The van der Waals surface area contributed by atoms with E-state index in [0.717, 1.165) is 12.3 Å². The molecule has 1 aliphatic carbocycles. The highest BCUT2D eigenvalue weighted by atomic mass is 14.9. The van der Waals surface area contributed by atoms with Crippen LogP contribution in [0.15, 0.2) is 12.7 Å². The van der Waals surface area contributed by atoms with Crippen LogP contribution in [-0.2, 0) is 0 Å². The molecule has 0 saturated heterocycles. The molecular formula is C13H25N. The first-order chi connectivity index (χ1) is 6.86. The Morgan fingerprint density at radius 3 is 2.43 bits per heavy atom. The van der Waals surface area contributed by atoms with Gasteiger partial charge in [-0.3, -0.25) is 0 Å². The minimum Gasteiger partial charge on any atom is -0.317 e. The van der Waals surface area contributed by atoms with E-state index in [4.69, 9.17) is 0 Å². The molecule has 0 aromatic rings. The summed E-state index contributed by atoms with van der Waals surface area (Å²) in [6, 6.07) is 0.663. The van der Waals surface area contributed by atoms with Crippen LogP contribution in [0.25, 0.3) is 0 Å². The van der Waals surface area contributed by atoms with Crippen LogP contribution >= 0.6 is 0 Å². The predicted octanol–water partition coefficient (Wildman–Crippen LogP) is 3.51. The summed E-state index contributed by atoms with van der Waals surface area (Å²) in [5, 5.41) is 3.40. The Labute approximate surface area is 89.0 Å². The Morgan fingerprint density at radius 1 is 1.29 bits per heavy atom. The molecule has 1 rings (SSSR count). The van der Waals surface area contributed by atoms with Crippen molar-refractivity contribution in [1.82, 2.24) is 5.32 Å². The molecule has 1 unspecified atom stereocenters. The quantitative estimate of drug-likeness (QED) is 0.523. The molecule has 0 heterocycles. The fraction of sp³-hybridized carbons (Fsp3) is 0.846. The molecule has 1 saturated carbocycles. The molecule has 1 fully saturated rings. The molecular weight excluding hydrogens is 170 g/mol. The first kappa shape index (κ1) is 11.8. The maximum absolute atomic E-state index is 3.82. The molecule has 1 N–H and O–H groups in total. The Bertz CT molecular complexity index is 145. The first-order valence-electron chi connectivity index (χ1n) is 6.15. The van der Waals surface area contributed by atoms with Gasteiger partial charge in [0.2, 0.25) is 0 Å². The Kier molecular flexibility index (Phi) is 5.93. The highest BCUT2D eigenvalue weighted by Gasteiger charge is 2.15. The van der Waals surface area contributed by atoms with E-state index in [1.165, 1.54) is 44.9 Å². The molecule has 0 spiro atoms. The monoisotopic (exact) mass is 195 g/mol. The normalized spacial score (nSPS) is 21.5. The van der Waals surface area contributed by atoms with E-state index in [1.54, 1.807) is 0 Å². The molecule has 0 aromatic heterocycles. The molecule has 1 atom stereocenters. The van der Waals surface area contributed by atoms with Crippen LogP contribution in [0.4, 0.5) is 0 Å². The standard InChI is InChI=1S/C13H25N/c1-3-8-13(14-2)11-12-9-6-4-5-7-10-12/h3,12-14H,1,4-11H2,2H3. The van der Waals surface area contributed by atoms with Gasteiger partial charge in [0.1, 0.15) is 0 Å². The van der Waals surface area contributed by atoms with Crippen LogP contribution in [0.2, 0.25) is 0 Å². The van der Waals surface area contributed by atoms with E-state index >= 15 is 0 Å². The number of nitrogens with one attached hydrogen (secondary N) is 1. The van der Waals surface area contributed by atoms with Crippen molar-refractivity contribution in [1.29, 1.82) is 0 Å². The minimum absolute atomic E-state index is 0.663. The van der Waals surface area contributed by atoms with E-state index in [0.29, 0.717) is 6.04 Å². The van der Waals surface area contributed by atoms with Crippen LogP contribution in [0.3, 0.4) is 0 Å². The SMILES string of the molecule is C=CCC(CC1CCCCCC1)NC. The second-order valence-electron chi connectivity index (χ2n) is 4.60. The van der Waals surface area contributed by atoms with Gasteiger partial charge in [-0.1, -0.05) is 44.6 Å². The van der Waals surface area contributed by atoms with E-state index in [1.807, 2.05) is 6.08 Å².